The van der Waals surface area contributed by atoms with Gasteiger partial charge >= 0.3 is 21.7 Å². The van der Waals surface area contributed by atoms with Crippen LogP contribution in [0.25, 0.3) is 6.08 Å². The van der Waals surface area contributed by atoms with Gasteiger partial charge in [-0.25, -0.2) is 6.08 Å². The maximum Gasteiger partial charge on any atom is 3.00 e. The first kappa shape index (κ1) is 18.5. The maximum atomic E-state index is 3.45. The molecule has 3 heteroatoms. The molecule has 1 radical (unpaired) electrons. The van der Waals surface area contributed by atoms with E-state index < -0.39 is 0 Å². The Morgan fingerprint density at radius 2 is 1.47 bits per heavy atom. The summed E-state index contributed by atoms with van der Waals surface area (Å²) >= 11 is 0. The van der Waals surface area contributed by atoms with Gasteiger partial charge in [-0.2, -0.15) is 5.56 Å². The third kappa shape index (κ3) is 4.22. The summed E-state index contributed by atoms with van der Waals surface area (Å²) in [5.41, 5.74) is 4.11. The minimum absolute atomic E-state index is 0. The fourth-order valence-corrected chi connectivity index (χ4v) is 2.26. The maximum absolute atomic E-state index is 3.45. The summed E-state index contributed by atoms with van der Waals surface area (Å²) in [7, 11) is 0. The Balaban J connectivity index is 0.00000108. The molecule has 0 nitrogen and oxygen atoms in total. The third-order valence-electron chi connectivity index (χ3n) is 3.09. The fourth-order valence-electron chi connectivity index (χ4n) is 2.26. The van der Waals surface area contributed by atoms with Gasteiger partial charge in [0, 0.05) is 0 Å². The molecule has 2 aromatic carbocycles. The third-order valence-corrected chi connectivity index (χ3v) is 3.09. The van der Waals surface area contributed by atoms with Crippen LogP contribution in [-0.4, -0.2) is 0 Å². The second-order valence-electron chi connectivity index (χ2n) is 4.18. The second kappa shape index (κ2) is 8.61. The molecule has 0 heterocycles. The van der Waals surface area contributed by atoms with Crippen LogP contribution in [0.15, 0.2) is 54.6 Å². The van der Waals surface area contributed by atoms with Crippen LogP contribution >= 0.6 is 0 Å². The monoisotopic (exact) mass is 323 g/mol. The molecule has 0 saturated heterocycles. The number of fused-ring (bicyclic) bond motifs is 1. The summed E-state index contributed by atoms with van der Waals surface area (Å²) in [5.74, 6) is 0.429. The van der Waals surface area contributed by atoms with Gasteiger partial charge in [0.25, 0.3) is 0 Å². The van der Waals surface area contributed by atoms with Gasteiger partial charge in [0.2, 0.25) is 0 Å². The average Bonchev–Trinajstić information content (AvgIpc) is 2.74. The largest absolute Gasteiger partial charge is 3.00 e. The summed E-state index contributed by atoms with van der Waals surface area (Å²) in [6.45, 7) is 0. The Morgan fingerprint density at radius 1 is 0.842 bits per heavy atom. The van der Waals surface area contributed by atoms with Crippen molar-refractivity contribution >= 4 is 6.08 Å². The SMILES string of the molecule is [C-]1=Cc2ccccc2C1Cc1ccccc1.[Cl-].[Cl-].[Ti+3]. The van der Waals surface area contributed by atoms with Crippen LogP contribution in [0, 0.1) is 6.08 Å². The number of rotatable bonds is 2. The van der Waals surface area contributed by atoms with Gasteiger partial charge in [0.05, 0.1) is 0 Å². The molecule has 1 atom stereocenters. The van der Waals surface area contributed by atoms with Gasteiger partial charge in [-0.15, -0.1) is 11.6 Å². The smallest absolute Gasteiger partial charge is 1.00 e. The van der Waals surface area contributed by atoms with Crippen molar-refractivity contribution < 1.29 is 46.5 Å². The fraction of sp³-hybridized carbons (Fsp3) is 0.125. The van der Waals surface area contributed by atoms with Crippen LogP contribution in [0.2, 0.25) is 0 Å². The molecule has 0 N–H and O–H groups in total. The van der Waals surface area contributed by atoms with Crippen LogP contribution in [0.1, 0.15) is 22.6 Å². The quantitative estimate of drug-likeness (QED) is 0.437. The van der Waals surface area contributed by atoms with Gasteiger partial charge in [-0.1, -0.05) is 54.4 Å². The molecule has 95 valence electrons. The molecule has 3 rings (SSSR count). The number of halogens is 2. The molecule has 0 aliphatic heterocycles. The Labute approximate surface area is 142 Å². The van der Waals surface area contributed by atoms with Crippen molar-refractivity contribution in [2.75, 3.05) is 0 Å². The van der Waals surface area contributed by atoms with Gasteiger partial charge in [0.1, 0.15) is 0 Å². The summed E-state index contributed by atoms with van der Waals surface area (Å²) in [6, 6.07) is 19.2. The average molecular weight is 324 g/mol. The minimum atomic E-state index is 0. The predicted octanol–water partition coefficient (Wildman–Crippen LogP) is -2.15. The normalized spacial score (nSPS) is 14.6. The zero-order valence-corrected chi connectivity index (χ0v) is 13.4. The van der Waals surface area contributed by atoms with Crippen molar-refractivity contribution in [3.63, 3.8) is 0 Å². The van der Waals surface area contributed by atoms with Crippen LogP contribution in [0.3, 0.4) is 0 Å². The summed E-state index contributed by atoms with van der Waals surface area (Å²) < 4.78 is 0. The number of hydrogen-bond donors (Lipinski definition) is 0. The van der Waals surface area contributed by atoms with E-state index in [0.717, 1.165) is 6.42 Å². The minimum Gasteiger partial charge on any atom is -1.00 e. The first-order valence-corrected chi connectivity index (χ1v) is 5.65. The zero-order chi connectivity index (χ0) is 10.8. The van der Waals surface area contributed by atoms with Gasteiger partial charge < -0.3 is 24.8 Å². The number of benzene rings is 2. The Morgan fingerprint density at radius 3 is 2.21 bits per heavy atom. The Hall–Kier alpha value is -0.526. The second-order valence-corrected chi connectivity index (χ2v) is 4.18. The van der Waals surface area contributed by atoms with Crippen LogP contribution in [0.4, 0.5) is 0 Å². The summed E-state index contributed by atoms with van der Waals surface area (Å²) in [4.78, 5) is 0. The molecule has 0 spiro atoms. The van der Waals surface area contributed by atoms with E-state index in [2.05, 4.69) is 66.7 Å². The zero-order valence-electron chi connectivity index (χ0n) is 10.3. The van der Waals surface area contributed by atoms with Gasteiger partial charge in [0.15, 0.2) is 0 Å². The first-order valence-electron chi connectivity index (χ1n) is 5.65. The summed E-state index contributed by atoms with van der Waals surface area (Å²) in [6.07, 6.45) is 6.61. The summed E-state index contributed by atoms with van der Waals surface area (Å²) in [5, 5.41) is 0. The molecular formula is C16H13Cl2Ti. The van der Waals surface area contributed by atoms with E-state index in [4.69, 9.17) is 0 Å². The molecule has 1 aliphatic carbocycles. The first-order chi connectivity index (χ1) is 7.93. The Kier molecular flexibility index (Phi) is 8.37. The molecule has 0 aromatic heterocycles. The molecular weight excluding hydrogens is 311 g/mol. The van der Waals surface area contributed by atoms with Crippen LogP contribution in [-0.2, 0) is 28.1 Å². The molecule has 0 fully saturated rings. The number of allylic oxidation sites excluding steroid dienone is 1. The van der Waals surface area contributed by atoms with Crippen molar-refractivity contribution in [3.05, 3.63) is 77.4 Å². The standard InChI is InChI=1S/C16H13.2ClH.Ti/c1-2-6-13(7-3-1)12-15-11-10-14-8-4-5-9-16(14)15;;;/h1-10,15H,12H2;2*1H;/q-1;;;+3/p-2. The molecule has 0 bridgehead atoms. The van der Waals surface area contributed by atoms with Crippen molar-refractivity contribution in [2.24, 2.45) is 0 Å². The Bertz CT molecular complexity index is 523. The van der Waals surface area contributed by atoms with Crippen molar-refractivity contribution in [1.82, 2.24) is 0 Å². The van der Waals surface area contributed by atoms with E-state index in [1.807, 2.05) is 0 Å². The van der Waals surface area contributed by atoms with Crippen molar-refractivity contribution in [2.45, 2.75) is 12.3 Å². The molecule has 1 aliphatic rings. The molecule has 19 heavy (non-hydrogen) atoms. The van der Waals surface area contributed by atoms with Crippen molar-refractivity contribution in [1.29, 1.82) is 0 Å². The van der Waals surface area contributed by atoms with Gasteiger partial charge in [-0.3, -0.25) is 6.08 Å². The molecule has 1 unspecified atom stereocenters. The molecule has 0 saturated carbocycles. The van der Waals surface area contributed by atoms with Crippen LogP contribution < -0.4 is 24.8 Å². The van der Waals surface area contributed by atoms with E-state index in [1.54, 1.807) is 0 Å². The topological polar surface area (TPSA) is 0 Å². The van der Waals surface area contributed by atoms with E-state index in [-0.39, 0.29) is 46.5 Å². The van der Waals surface area contributed by atoms with E-state index >= 15 is 0 Å². The van der Waals surface area contributed by atoms with Crippen LogP contribution in [0.5, 0.6) is 0 Å². The van der Waals surface area contributed by atoms with E-state index in [0.29, 0.717) is 5.92 Å². The molecule has 2 aromatic rings. The molecule has 0 amide bonds. The van der Waals surface area contributed by atoms with Gasteiger partial charge in [-0.05, 0) is 12.0 Å². The predicted molar refractivity (Wildman–Crippen MR) is 67.0 cm³/mol. The van der Waals surface area contributed by atoms with E-state index in [9.17, 15) is 0 Å². The number of hydrogen-bond acceptors (Lipinski definition) is 0. The van der Waals surface area contributed by atoms with E-state index in [1.165, 1.54) is 16.7 Å². The van der Waals surface area contributed by atoms with Crippen molar-refractivity contribution in [3.8, 4) is 0 Å².